The van der Waals surface area contributed by atoms with Crippen molar-refractivity contribution in [3.05, 3.63) is 47.0 Å². The van der Waals surface area contributed by atoms with Crippen LogP contribution in [0.15, 0.2) is 41.4 Å². The first-order chi connectivity index (χ1) is 8.16. The van der Waals surface area contributed by atoms with Crippen LogP contribution in [-0.2, 0) is 0 Å². The van der Waals surface area contributed by atoms with E-state index in [1.807, 2.05) is 0 Å². The SMILES string of the molecule is NC(=S)c1ccncc1Oc1cncc(Br)c1. The van der Waals surface area contributed by atoms with Crippen LogP contribution < -0.4 is 10.5 Å². The van der Waals surface area contributed by atoms with Crippen molar-refractivity contribution in [1.82, 2.24) is 9.97 Å². The van der Waals surface area contributed by atoms with Crippen molar-refractivity contribution in [3.63, 3.8) is 0 Å². The van der Waals surface area contributed by atoms with Crippen molar-refractivity contribution in [2.75, 3.05) is 0 Å². The van der Waals surface area contributed by atoms with Crippen LogP contribution in [0.3, 0.4) is 0 Å². The number of hydrogen-bond donors (Lipinski definition) is 1. The van der Waals surface area contributed by atoms with Crippen LogP contribution in [-0.4, -0.2) is 15.0 Å². The summed E-state index contributed by atoms with van der Waals surface area (Å²) in [5.41, 5.74) is 6.25. The van der Waals surface area contributed by atoms with E-state index in [0.29, 0.717) is 17.1 Å². The van der Waals surface area contributed by atoms with Gasteiger partial charge in [0.05, 0.1) is 18.0 Å². The van der Waals surface area contributed by atoms with Crippen LogP contribution in [0.25, 0.3) is 0 Å². The van der Waals surface area contributed by atoms with Crippen LogP contribution in [0.5, 0.6) is 11.5 Å². The maximum atomic E-state index is 5.63. The number of ether oxygens (including phenoxy) is 1. The zero-order valence-electron chi connectivity index (χ0n) is 8.63. The Hall–Kier alpha value is -1.53. The van der Waals surface area contributed by atoms with Crippen LogP contribution in [0, 0.1) is 0 Å². The minimum Gasteiger partial charge on any atom is -0.453 e. The van der Waals surface area contributed by atoms with Gasteiger partial charge in [-0.1, -0.05) is 12.2 Å². The van der Waals surface area contributed by atoms with E-state index in [-0.39, 0.29) is 4.99 Å². The van der Waals surface area contributed by atoms with Gasteiger partial charge in [-0.25, -0.2) is 0 Å². The third kappa shape index (κ3) is 2.98. The second-order valence-corrected chi connectivity index (χ2v) is 4.53. The number of rotatable bonds is 3. The normalized spacial score (nSPS) is 9.94. The molecule has 17 heavy (non-hydrogen) atoms. The van der Waals surface area contributed by atoms with E-state index in [1.54, 1.807) is 36.9 Å². The summed E-state index contributed by atoms with van der Waals surface area (Å²) in [5.74, 6) is 1.10. The van der Waals surface area contributed by atoms with Gasteiger partial charge in [-0.3, -0.25) is 9.97 Å². The third-order valence-electron chi connectivity index (χ3n) is 1.96. The molecule has 0 aliphatic rings. The summed E-state index contributed by atoms with van der Waals surface area (Å²) in [6, 6.07) is 3.51. The summed E-state index contributed by atoms with van der Waals surface area (Å²) >= 11 is 8.25. The summed E-state index contributed by atoms with van der Waals surface area (Å²) in [4.78, 5) is 8.24. The molecule has 0 atom stereocenters. The standard InChI is InChI=1S/C11H8BrN3OS/c12-7-3-8(5-15-4-7)16-10-6-14-2-1-9(10)11(13)17/h1-6H,(H2,13,17). The highest BCUT2D eigenvalue weighted by molar-refractivity contribution is 9.10. The van der Waals surface area contributed by atoms with Crippen LogP contribution in [0.4, 0.5) is 0 Å². The second-order valence-electron chi connectivity index (χ2n) is 3.18. The predicted octanol–water partition coefficient (Wildman–Crippen LogP) is 2.67. The van der Waals surface area contributed by atoms with Crippen molar-refractivity contribution in [3.8, 4) is 11.5 Å². The number of halogens is 1. The Bertz CT molecular complexity index is 562. The molecule has 0 aromatic carbocycles. The van der Waals surface area contributed by atoms with Crippen molar-refractivity contribution in [2.45, 2.75) is 0 Å². The van der Waals surface area contributed by atoms with Gasteiger partial charge in [0.2, 0.25) is 0 Å². The van der Waals surface area contributed by atoms with Crippen molar-refractivity contribution < 1.29 is 4.74 Å². The Labute approximate surface area is 112 Å². The average Bonchev–Trinajstić information content (AvgIpc) is 2.29. The van der Waals surface area contributed by atoms with E-state index in [0.717, 1.165) is 4.47 Å². The van der Waals surface area contributed by atoms with E-state index < -0.39 is 0 Å². The lowest BCUT2D eigenvalue weighted by atomic mass is 10.2. The predicted molar refractivity (Wildman–Crippen MR) is 72.1 cm³/mol. The van der Waals surface area contributed by atoms with Crippen LogP contribution in [0.2, 0.25) is 0 Å². The number of nitrogens with two attached hydrogens (primary N) is 1. The molecule has 2 aromatic heterocycles. The fourth-order valence-electron chi connectivity index (χ4n) is 1.24. The molecule has 0 aliphatic heterocycles. The molecule has 0 radical (unpaired) electrons. The molecule has 4 nitrogen and oxygen atoms in total. The first-order valence-corrected chi connectivity index (χ1v) is 5.89. The van der Waals surface area contributed by atoms with Crippen LogP contribution in [0.1, 0.15) is 5.56 Å². The van der Waals surface area contributed by atoms with E-state index in [4.69, 9.17) is 22.7 Å². The van der Waals surface area contributed by atoms with Gasteiger partial charge in [-0.15, -0.1) is 0 Å². The summed E-state index contributed by atoms with van der Waals surface area (Å²) in [7, 11) is 0. The van der Waals surface area contributed by atoms with Gasteiger partial charge < -0.3 is 10.5 Å². The molecule has 2 aromatic rings. The molecule has 86 valence electrons. The lowest BCUT2D eigenvalue weighted by Crippen LogP contribution is -2.10. The quantitative estimate of drug-likeness (QED) is 0.883. The zero-order valence-corrected chi connectivity index (χ0v) is 11.0. The molecular formula is C11H8BrN3OS. The number of thiocarbonyl (C=S) groups is 1. The van der Waals surface area contributed by atoms with Gasteiger partial charge in [-0.2, -0.15) is 0 Å². The summed E-state index contributed by atoms with van der Waals surface area (Å²) < 4.78 is 6.46. The maximum absolute atomic E-state index is 5.63. The Balaban J connectivity index is 2.33. The third-order valence-corrected chi connectivity index (χ3v) is 2.61. The van der Waals surface area contributed by atoms with Gasteiger partial charge in [0.25, 0.3) is 0 Å². The highest BCUT2D eigenvalue weighted by atomic mass is 79.9. The maximum Gasteiger partial charge on any atom is 0.155 e. The number of aromatic nitrogens is 2. The molecule has 0 saturated carbocycles. The molecule has 0 saturated heterocycles. The molecular weight excluding hydrogens is 302 g/mol. The minimum atomic E-state index is 0.269. The summed E-state index contributed by atoms with van der Waals surface area (Å²) in [6.45, 7) is 0. The van der Waals surface area contributed by atoms with Gasteiger partial charge in [0.1, 0.15) is 10.7 Å². The van der Waals surface area contributed by atoms with E-state index in [1.165, 1.54) is 0 Å². The van der Waals surface area contributed by atoms with Gasteiger partial charge in [-0.05, 0) is 28.1 Å². The van der Waals surface area contributed by atoms with E-state index >= 15 is 0 Å². The van der Waals surface area contributed by atoms with Gasteiger partial charge in [0, 0.05) is 16.9 Å². The molecule has 0 amide bonds. The van der Waals surface area contributed by atoms with Gasteiger partial charge in [0.15, 0.2) is 5.75 Å². The zero-order chi connectivity index (χ0) is 12.3. The minimum absolute atomic E-state index is 0.269. The average molecular weight is 310 g/mol. The fraction of sp³-hybridized carbons (Fsp3) is 0. The lowest BCUT2D eigenvalue weighted by Gasteiger charge is -2.09. The molecule has 0 fully saturated rings. The Morgan fingerprint density at radius 1 is 1.29 bits per heavy atom. The Morgan fingerprint density at radius 3 is 2.82 bits per heavy atom. The highest BCUT2D eigenvalue weighted by Gasteiger charge is 2.07. The smallest absolute Gasteiger partial charge is 0.155 e. The first-order valence-electron chi connectivity index (χ1n) is 4.69. The van der Waals surface area contributed by atoms with Crippen molar-refractivity contribution in [1.29, 1.82) is 0 Å². The molecule has 2 heterocycles. The first kappa shape index (κ1) is 11.9. The molecule has 6 heteroatoms. The number of nitrogens with zero attached hydrogens (tertiary/aromatic N) is 2. The molecule has 0 bridgehead atoms. The fourth-order valence-corrected chi connectivity index (χ4v) is 1.75. The Morgan fingerprint density at radius 2 is 2.12 bits per heavy atom. The molecule has 2 rings (SSSR count). The van der Waals surface area contributed by atoms with Gasteiger partial charge >= 0.3 is 0 Å². The number of pyridine rings is 2. The summed E-state index contributed by atoms with van der Waals surface area (Å²) in [5, 5.41) is 0. The van der Waals surface area contributed by atoms with E-state index in [9.17, 15) is 0 Å². The van der Waals surface area contributed by atoms with Crippen LogP contribution >= 0.6 is 28.1 Å². The van der Waals surface area contributed by atoms with Crippen molar-refractivity contribution >= 4 is 33.1 Å². The number of hydrogen-bond acceptors (Lipinski definition) is 4. The van der Waals surface area contributed by atoms with Crippen molar-refractivity contribution in [2.24, 2.45) is 5.73 Å². The second kappa shape index (κ2) is 5.20. The topological polar surface area (TPSA) is 61.0 Å². The lowest BCUT2D eigenvalue weighted by molar-refractivity contribution is 0.476. The van der Waals surface area contributed by atoms with E-state index in [2.05, 4.69) is 25.9 Å². The monoisotopic (exact) mass is 309 g/mol. The summed E-state index contributed by atoms with van der Waals surface area (Å²) in [6.07, 6.45) is 6.45. The molecule has 0 unspecified atom stereocenters. The molecule has 0 spiro atoms. The highest BCUT2D eigenvalue weighted by Crippen LogP contribution is 2.25. The molecule has 2 N–H and O–H groups in total. The largest absolute Gasteiger partial charge is 0.453 e. The molecule has 0 aliphatic carbocycles. The Kier molecular flexibility index (Phi) is 3.65.